The number of nitriles is 1. The summed E-state index contributed by atoms with van der Waals surface area (Å²) >= 11 is 0. The predicted octanol–water partition coefficient (Wildman–Crippen LogP) is 3.48. The van der Waals surface area contributed by atoms with Gasteiger partial charge in [-0.05, 0) is 41.7 Å². The minimum atomic E-state index is -0.254. The molecule has 120 valence electrons. The van der Waals surface area contributed by atoms with Crippen molar-refractivity contribution >= 4 is 11.8 Å². The summed E-state index contributed by atoms with van der Waals surface area (Å²) in [6, 6.07) is 13.0. The maximum Gasteiger partial charge on any atom is 0.261 e. The van der Waals surface area contributed by atoms with Gasteiger partial charge >= 0.3 is 0 Å². The van der Waals surface area contributed by atoms with Crippen LogP contribution in [0.1, 0.15) is 56.8 Å². The summed E-state index contributed by atoms with van der Waals surface area (Å²) < 4.78 is 0. The number of hydrogen-bond donors (Lipinski definition) is 0. The number of nitrogens with zero attached hydrogens (tertiary/aromatic N) is 2. The van der Waals surface area contributed by atoms with Crippen molar-refractivity contribution in [2.45, 2.75) is 33.2 Å². The first kappa shape index (κ1) is 15.9. The van der Waals surface area contributed by atoms with E-state index in [1.54, 1.807) is 24.3 Å². The Labute approximate surface area is 141 Å². The standard InChI is InChI=1S/C20H18N2O2/c1-3-14-9-13(10-15(4-2)18(14)11-21)12-22-19(23)16-7-5-6-8-17(16)20(22)24/h5-10H,3-4,12H2,1-2H3. The summed E-state index contributed by atoms with van der Waals surface area (Å²) in [4.78, 5) is 26.3. The minimum absolute atomic E-state index is 0.234. The van der Waals surface area contributed by atoms with Gasteiger partial charge in [0.25, 0.3) is 11.8 Å². The van der Waals surface area contributed by atoms with Crippen molar-refractivity contribution in [1.29, 1.82) is 5.26 Å². The molecule has 0 saturated carbocycles. The number of fused-ring (bicyclic) bond motifs is 1. The predicted molar refractivity (Wildman–Crippen MR) is 90.6 cm³/mol. The van der Waals surface area contributed by atoms with Gasteiger partial charge in [0, 0.05) is 0 Å². The Morgan fingerprint density at radius 1 is 0.958 bits per heavy atom. The van der Waals surface area contributed by atoms with Gasteiger partial charge in [-0.15, -0.1) is 0 Å². The molecule has 0 aromatic heterocycles. The van der Waals surface area contributed by atoms with Crippen molar-refractivity contribution in [3.8, 4) is 6.07 Å². The van der Waals surface area contributed by atoms with Crippen molar-refractivity contribution in [3.05, 3.63) is 69.8 Å². The molecule has 0 fully saturated rings. The number of rotatable bonds is 4. The maximum absolute atomic E-state index is 12.5. The summed E-state index contributed by atoms with van der Waals surface area (Å²) in [7, 11) is 0. The van der Waals surface area contributed by atoms with Crippen LogP contribution in [-0.4, -0.2) is 16.7 Å². The highest BCUT2D eigenvalue weighted by Crippen LogP contribution is 2.26. The molecular weight excluding hydrogens is 300 g/mol. The van der Waals surface area contributed by atoms with Crippen LogP contribution < -0.4 is 0 Å². The molecule has 0 unspecified atom stereocenters. The number of aryl methyl sites for hydroxylation is 2. The minimum Gasteiger partial charge on any atom is -0.270 e. The highest BCUT2D eigenvalue weighted by atomic mass is 16.2. The number of carbonyl (C=O) groups is 2. The van der Waals surface area contributed by atoms with Crippen molar-refractivity contribution in [1.82, 2.24) is 4.90 Å². The molecule has 1 heterocycles. The molecule has 4 nitrogen and oxygen atoms in total. The van der Waals surface area contributed by atoms with Crippen LogP contribution in [-0.2, 0) is 19.4 Å². The lowest BCUT2D eigenvalue weighted by Gasteiger charge is -2.16. The fourth-order valence-electron chi connectivity index (χ4n) is 3.20. The first-order valence-corrected chi connectivity index (χ1v) is 8.10. The van der Waals surface area contributed by atoms with E-state index in [1.807, 2.05) is 26.0 Å². The van der Waals surface area contributed by atoms with Crippen LogP contribution in [0.3, 0.4) is 0 Å². The average molecular weight is 318 g/mol. The molecule has 3 rings (SSSR count). The van der Waals surface area contributed by atoms with Gasteiger partial charge < -0.3 is 0 Å². The first-order chi connectivity index (χ1) is 11.6. The van der Waals surface area contributed by atoms with Gasteiger partial charge in [-0.1, -0.05) is 38.1 Å². The Hall–Kier alpha value is -2.93. The second-order valence-corrected chi connectivity index (χ2v) is 5.85. The molecule has 0 spiro atoms. The second kappa shape index (κ2) is 6.29. The van der Waals surface area contributed by atoms with Crippen LogP contribution >= 0.6 is 0 Å². The molecule has 24 heavy (non-hydrogen) atoms. The summed E-state index contributed by atoms with van der Waals surface area (Å²) in [5.41, 5.74) is 4.44. The Bertz CT molecular complexity index is 817. The molecule has 0 saturated heterocycles. The topological polar surface area (TPSA) is 61.2 Å². The van der Waals surface area contributed by atoms with Gasteiger partial charge in [0.1, 0.15) is 0 Å². The molecule has 0 bridgehead atoms. The van der Waals surface area contributed by atoms with Gasteiger partial charge in [-0.2, -0.15) is 5.26 Å². The highest BCUT2D eigenvalue weighted by molar-refractivity contribution is 6.21. The van der Waals surface area contributed by atoms with E-state index in [1.165, 1.54) is 4.90 Å². The lowest BCUT2D eigenvalue weighted by molar-refractivity contribution is 0.0642. The number of carbonyl (C=O) groups excluding carboxylic acids is 2. The summed E-state index contributed by atoms with van der Waals surface area (Å²) in [6.07, 6.45) is 1.48. The molecule has 0 N–H and O–H groups in total. The molecule has 2 aromatic carbocycles. The van der Waals surface area contributed by atoms with Gasteiger partial charge in [-0.3, -0.25) is 14.5 Å². The quantitative estimate of drug-likeness (QED) is 0.811. The lowest BCUT2D eigenvalue weighted by atomic mass is 9.95. The Balaban J connectivity index is 1.97. The van der Waals surface area contributed by atoms with Gasteiger partial charge in [0.05, 0.1) is 29.3 Å². The van der Waals surface area contributed by atoms with E-state index in [0.29, 0.717) is 16.7 Å². The van der Waals surface area contributed by atoms with Crippen LogP contribution in [0.5, 0.6) is 0 Å². The van der Waals surface area contributed by atoms with Gasteiger partial charge in [0.2, 0.25) is 0 Å². The first-order valence-electron chi connectivity index (χ1n) is 8.10. The lowest BCUT2D eigenvalue weighted by Crippen LogP contribution is -2.29. The van der Waals surface area contributed by atoms with Gasteiger partial charge in [-0.25, -0.2) is 0 Å². The van der Waals surface area contributed by atoms with E-state index in [0.717, 1.165) is 29.5 Å². The molecule has 2 amide bonds. The van der Waals surface area contributed by atoms with Crippen molar-refractivity contribution in [2.75, 3.05) is 0 Å². The number of benzene rings is 2. The third kappa shape index (κ3) is 2.48. The Morgan fingerprint density at radius 3 is 1.88 bits per heavy atom. The molecule has 0 radical (unpaired) electrons. The highest BCUT2D eigenvalue weighted by Gasteiger charge is 2.35. The molecule has 2 aromatic rings. The normalized spacial score (nSPS) is 13.1. The van der Waals surface area contributed by atoms with Crippen molar-refractivity contribution in [3.63, 3.8) is 0 Å². The smallest absolute Gasteiger partial charge is 0.261 e. The van der Waals surface area contributed by atoms with Crippen LogP contribution in [0.15, 0.2) is 36.4 Å². The molecule has 0 atom stereocenters. The molecule has 1 aliphatic rings. The monoisotopic (exact) mass is 318 g/mol. The zero-order valence-corrected chi connectivity index (χ0v) is 13.8. The van der Waals surface area contributed by atoms with Crippen molar-refractivity contribution in [2.24, 2.45) is 0 Å². The maximum atomic E-state index is 12.5. The second-order valence-electron chi connectivity index (χ2n) is 5.85. The van der Waals surface area contributed by atoms with Crippen molar-refractivity contribution < 1.29 is 9.59 Å². The van der Waals surface area contributed by atoms with E-state index >= 15 is 0 Å². The van der Waals surface area contributed by atoms with E-state index < -0.39 is 0 Å². The third-order valence-corrected chi connectivity index (χ3v) is 4.45. The third-order valence-electron chi connectivity index (χ3n) is 4.45. The van der Waals surface area contributed by atoms with Gasteiger partial charge in [0.15, 0.2) is 0 Å². The van der Waals surface area contributed by atoms with E-state index in [9.17, 15) is 14.9 Å². The largest absolute Gasteiger partial charge is 0.270 e. The number of hydrogen-bond acceptors (Lipinski definition) is 3. The molecule has 1 aliphatic heterocycles. The molecule has 4 heteroatoms. The fourth-order valence-corrected chi connectivity index (χ4v) is 3.20. The van der Waals surface area contributed by atoms with E-state index in [-0.39, 0.29) is 18.4 Å². The van der Waals surface area contributed by atoms with E-state index in [4.69, 9.17) is 0 Å². The molecular formula is C20H18N2O2. The fraction of sp³-hybridized carbons (Fsp3) is 0.250. The van der Waals surface area contributed by atoms with Crippen LogP contribution in [0.2, 0.25) is 0 Å². The zero-order chi connectivity index (χ0) is 17.3. The molecule has 0 aliphatic carbocycles. The summed E-state index contributed by atoms with van der Waals surface area (Å²) in [6.45, 7) is 4.24. The average Bonchev–Trinajstić information content (AvgIpc) is 2.86. The Kier molecular flexibility index (Phi) is 4.18. The number of amides is 2. The van der Waals surface area contributed by atoms with E-state index in [2.05, 4.69) is 6.07 Å². The van der Waals surface area contributed by atoms with Crippen LogP contribution in [0.4, 0.5) is 0 Å². The Morgan fingerprint density at radius 2 is 1.46 bits per heavy atom. The SMILES string of the molecule is CCc1cc(CN2C(=O)c3ccccc3C2=O)cc(CC)c1C#N. The van der Waals surface area contributed by atoms with Crippen LogP contribution in [0.25, 0.3) is 0 Å². The zero-order valence-electron chi connectivity index (χ0n) is 13.8. The number of imide groups is 1. The summed E-state index contributed by atoms with van der Waals surface area (Å²) in [5, 5.41) is 9.37. The summed E-state index contributed by atoms with van der Waals surface area (Å²) in [5.74, 6) is -0.507. The van der Waals surface area contributed by atoms with Crippen LogP contribution in [0, 0.1) is 11.3 Å².